The van der Waals surface area contributed by atoms with Gasteiger partial charge in [0.05, 0.1) is 24.2 Å². The lowest BCUT2D eigenvalue weighted by molar-refractivity contribution is -0.117. The molecule has 0 saturated carbocycles. The summed E-state index contributed by atoms with van der Waals surface area (Å²) in [5, 5.41) is 3.47. The lowest BCUT2D eigenvalue weighted by Crippen LogP contribution is -2.25. The number of benzene rings is 2. The predicted molar refractivity (Wildman–Crippen MR) is 99.7 cm³/mol. The van der Waals surface area contributed by atoms with Crippen LogP contribution >= 0.6 is 11.6 Å². The molecule has 3 rings (SSSR count). The number of fused-ring (bicyclic) bond motifs is 1. The fraction of sp³-hybridized carbons (Fsp3) is 0.158. The van der Waals surface area contributed by atoms with Crippen LogP contribution < -0.4 is 10.1 Å². The van der Waals surface area contributed by atoms with Gasteiger partial charge in [-0.15, -0.1) is 0 Å². The zero-order chi connectivity index (χ0) is 17.8. The molecule has 0 saturated heterocycles. The zero-order valence-corrected chi connectivity index (χ0v) is 14.7. The second kappa shape index (κ2) is 7.40. The highest BCUT2D eigenvalue weighted by molar-refractivity contribution is 6.30. The first-order valence-corrected chi connectivity index (χ1v) is 8.21. The van der Waals surface area contributed by atoms with Crippen molar-refractivity contribution in [1.29, 1.82) is 0 Å². The van der Waals surface area contributed by atoms with E-state index in [4.69, 9.17) is 16.3 Å². The number of aromatic amines is 1. The van der Waals surface area contributed by atoms with Crippen molar-refractivity contribution in [3.05, 3.63) is 65.0 Å². The molecule has 1 amide bonds. The first kappa shape index (κ1) is 17.0. The summed E-state index contributed by atoms with van der Waals surface area (Å²) in [7, 11) is 1.57. The van der Waals surface area contributed by atoms with Crippen molar-refractivity contribution >= 4 is 34.6 Å². The Balaban J connectivity index is 1.70. The minimum atomic E-state index is -0.245. The molecule has 25 heavy (non-hydrogen) atoms. The van der Waals surface area contributed by atoms with Gasteiger partial charge in [-0.3, -0.25) is 4.79 Å². The largest absolute Gasteiger partial charge is 0.496 e. The molecule has 128 valence electrons. The molecule has 1 atom stereocenters. The Morgan fingerprint density at radius 3 is 2.88 bits per heavy atom. The number of carbonyl (C=O) groups is 1. The van der Waals surface area contributed by atoms with Crippen LogP contribution in [-0.4, -0.2) is 23.0 Å². The molecule has 5 nitrogen and oxygen atoms in total. The predicted octanol–water partition coefficient (Wildman–Crippen LogP) is 4.12. The molecule has 1 unspecified atom stereocenters. The first-order chi connectivity index (χ1) is 12.1. The highest BCUT2D eigenvalue weighted by Gasteiger charge is 2.12. The number of nitrogens with zero attached hydrogens (tertiary/aromatic N) is 1. The van der Waals surface area contributed by atoms with Crippen LogP contribution in [0.4, 0.5) is 0 Å². The number of hydrogen-bond acceptors (Lipinski definition) is 3. The molecule has 0 bridgehead atoms. The smallest absolute Gasteiger partial charge is 0.244 e. The van der Waals surface area contributed by atoms with Crippen LogP contribution in [0, 0.1) is 0 Å². The summed E-state index contributed by atoms with van der Waals surface area (Å²) in [5.41, 5.74) is 2.55. The van der Waals surface area contributed by atoms with E-state index < -0.39 is 0 Å². The highest BCUT2D eigenvalue weighted by atomic mass is 35.5. The van der Waals surface area contributed by atoms with Gasteiger partial charge in [-0.2, -0.15) is 0 Å². The molecule has 0 aliphatic rings. The lowest BCUT2D eigenvalue weighted by atomic mass is 10.2. The summed E-state index contributed by atoms with van der Waals surface area (Å²) in [6.07, 6.45) is 3.12. The van der Waals surface area contributed by atoms with Crippen molar-refractivity contribution in [1.82, 2.24) is 15.3 Å². The molecular weight excluding hydrogens is 338 g/mol. The number of nitrogens with one attached hydrogen (secondary N) is 2. The van der Waals surface area contributed by atoms with Crippen LogP contribution in [0.25, 0.3) is 17.1 Å². The Labute approximate surface area is 150 Å². The maximum absolute atomic E-state index is 12.2. The standard InChI is InChI=1S/C19H18ClN3O2/c1-12(19-22-15-5-3-4-6-16(15)23-19)21-18(24)10-7-13-11-14(20)8-9-17(13)25-2/h3-12H,1-2H3,(H,21,24)(H,22,23)/b10-7+. The van der Waals surface area contributed by atoms with Crippen molar-refractivity contribution in [2.75, 3.05) is 7.11 Å². The number of rotatable bonds is 5. The van der Waals surface area contributed by atoms with Crippen molar-refractivity contribution in [2.24, 2.45) is 0 Å². The normalized spacial score (nSPS) is 12.4. The van der Waals surface area contributed by atoms with Gasteiger partial charge in [-0.25, -0.2) is 4.98 Å². The molecule has 3 aromatic rings. The summed E-state index contributed by atoms with van der Waals surface area (Å²) in [6, 6.07) is 12.7. The second-order valence-corrected chi connectivity index (χ2v) is 6.03. The third-order valence-electron chi connectivity index (χ3n) is 3.78. The Bertz CT molecular complexity index is 900. The fourth-order valence-corrected chi connectivity index (χ4v) is 2.69. The molecule has 2 aromatic carbocycles. The third-order valence-corrected chi connectivity index (χ3v) is 4.02. The summed E-state index contributed by atoms with van der Waals surface area (Å²) in [4.78, 5) is 19.9. The Morgan fingerprint density at radius 1 is 1.32 bits per heavy atom. The summed E-state index contributed by atoms with van der Waals surface area (Å²) >= 11 is 5.99. The van der Waals surface area contributed by atoms with Gasteiger partial charge in [0.25, 0.3) is 0 Å². The molecule has 0 spiro atoms. The van der Waals surface area contributed by atoms with Gasteiger partial charge in [0, 0.05) is 16.7 Å². The van der Waals surface area contributed by atoms with Crippen LogP contribution in [0.1, 0.15) is 24.4 Å². The van der Waals surface area contributed by atoms with E-state index >= 15 is 0 Å². The number of methoxy groups -OCH3 is 1. The van der Waals surface area contributed by atoms with Gasteiger partial charge in [0.15, 0.2) is 0 Å². The molecule has 0 aliphatic heterocycles. The quantitative estimate of drug-likeness (QED) is 0.677. The average Bonchev–Trinajstić information content (AvgIpc) is 3.04. The maximum atomic E-state index is 12.2. The Kier molecular flexibility index (Phi) is 5.05. The van der Waals surface area contributed by atoms with Gasteiger partial charge >= 0.3 is 0 Å². The number of para-hydroxylation sites is 2. The minimum Gasteiger partial charge on any atom is -0.496 e. The van der Waals surface area contributed by atoms with Crippen LogP contribution in [0.3, 0.4) is 0 Å². The SMILES string of the molecule is COc1ccc(Cl)cc1/C=C/C(=O)NC(C)c1nc2ccccc2[nH]1. The number of H-pyrrole nitrogens is 1. The monoisotopic (exact) mass is 355 g/mol. The van der Waals surface area contributed by atoms with Crippen LogP contribution in [0.5, 0.6) is 5.75 Å². The highest BCUT2D eigenvalue weighted by Crippen LogP contribution is 2.23. The van der Waals surface area contributed by atoms with Crippen molar-refractivity contribution in [3.8, 4) is 5.75 Å². The molecule has 0 aliphatic carbocycles. The topological polar surface area (TPSA) is 67.0 Å². The van der Waals surface area contributed by atoms with E-state index in [1.54, 1.807) is 31.4 Å². The number of ether oxygens (including phenoxy) is 1. The van der Waals surface area contributed by atoms with Gasteiger partial charge in [0.1, 0.15) is 11.6 Å². The average molecular weight is 356 g/mol. The van der Waals surface area contributed by atoms with Crippen molar-refractivity contribution in [3.63, 3.8) is 0 Å². The molecule has 0 fully saturated rings. The fourth-order valence-electron chi connectivity index (χ4n) is 2.51. The van der Waals surface area contributed by atoms with Gasteiger partial charge < -0.3 is 15.0 Å². The van der Waals surface area contributed by atoms with E-state index in [2.05, 4.69) is 15.3 Å². The molecule has 0 radical (unpaired) electrons. The zero-order valence-electron chi connectivity index (χ0n) is 13.9. The number of amides is 1. The number of aromatic nitrogens is 2. The van der Waals surface area contributed by atoms with E-state index in [0.29, 0.717) is 16.6 Å². The summed E-state index contributed by atoms with van der Waals surface area (Å²) in [5.74, 6) is 1.14. The van der Waals surface area contributed by atoms with Gasteiger partial charge in [0.2, 0.25) is 5.91 Å². The van der Waals surface area contributed by atoms with E-state index in [9.17, 15) is 4.79 Å². The van der Waals surface area contributed by atoms with Crippen LogP contribution in [0.2, 0.25) is 5.02 Å². The lowest BCUT2D eigenvalue weighted by Gasteiger charge is -2.09. The van der Waals surface area contributed by atoms with Crippen LogP contribution in [0.15, 0.2) is 48.5 Å². The van der Waals surface area contributed by atoms with Crippen LogP contribution in [-0.2, 0) is 4.79 Å². The number of carbonyl (C=O) groups excluding carboxylic acids is 1. The molecule has 2 N–H and O–H groups in total. The van der Waals surface area contributed by atoms with Gasteiger partial charge in [-0.05, 0) is 43.3 Å². The van der Waals surface area contributed by atoms with Crippen molar-refractivity contribution < 1.29 is 9.53 Å². The molecule has 1 aromatic heterocycles. The minimum absolute atomic E-state index is 0.227. The maximum Gasteiger partial charge on any atom is 0.244 e. The van der Waals surface area contributed by atoms with Crippen molar-refractivity contribution in [2.45, 2.75) is 13.0 Å². The van der Waals surface area contributed by atoms with Gasteiger partial charge in [-0.1, -0.05) is 23.7 Å². The summed E-state index contributed by atoms with van der Waals surface area (Å²) < 4.78 is 5.26. The van der Waals surface area contributed by atoms with E-state index in [-0.39, 0.29) is 11.9 Å². The van der Waals surface area contributed by atoms with E-state index in [1.165, 1.54) is 6.08 Å². The Morgan fingerprint density at radius 2 is 2.12 bits per heavy atom. The van der Waals surface area contributed by atoms with E-state index in [0.717, 1.165) is 16.6 Å². The second-order valence-electron chi connectivity index (χ2n) is 5.59. The molecule has 6 heteroatoms. The third kappa shape index (κ3) is 4.00. The summed E-state index contributed by atoms with van der Waals surface area (Å²) in [6.45, 7) is 1.88. The Hall–Kier alpha value is -2.79. The number of imidazole rings is 1. The van der Waals surface area contributed by atoms with E-state index in [1.807, 2.05) is 31.2 Å². The number of hydrogen-bond donors (Lipinski definition) is 2. The first-order valence-electron chi connectivity index (χ1n) is 7.83. The molecular formula is C19H18ClN3O2. The number of halogens is 1. The molecule has 1 heterocycles.